The van der Waals surface area contributed by atoms with Crippen LogP contribution >= 0.6 is 0 Å². The summed E-state index contributed by atoms with van der Waals surface area (Å²) in [6, 6.07) is 22.6. The second kappa shape index (κ2) is 12.3. The summed E-state index contributed by atoms with van der Waals surface area (Å²) in [5, 5.41) is 10.8. The third kappa shape index (κ3) is 6.92. The second-order valence-corrected chi connectivity index (χ2v) is 15.0. The Hall–Kier alpha value is -4.15. The molecule has 236 valence electrons. The summed E-state index contributed by atoms with van der Waals surface area (Å²) in [6.07, 6.45) is 3.12. The highest BCUT2D eigenvalue weighted by atomic mass is 32.2. The summed E-state index contributed by atoms with van der Waals surface area (Å²) in [7, 11) is -3.54. The molecule has 0 spiro atoms. The number of piperidine rings is 1. The Morgan fingerprint density at radius 1 is 0.978 bits per heavy atom. The van der Waals surface area contributed by atoms with Crippen molar-refractivity contribution >= 4 is 27.6 Å². The van der Waals surface area contributed by atoms with Crippen molar-refractivity contribution in [3.8, 4) is 11.4 Å². The molecule has 10 heteroatoms. The lowest BCUT2D eigenvalue weighted by Crippen LogP contribution is -2.38. The minimum Gasteiger partial charge on any atom is -0.493 e. The van der Waals surface area contributed by atoms with Gasteiger partial charge in [-0.25, -0.2) is 17.9 Å². The van der Waals surface area contributed by atoms with Crippen molar-refractivity contribution in [3.63, 3.8) is 0 Å². The SMILES string of the molecule is Cc1ccc(-n2nc(C(C)(C)C)cc2NC(=O)Nc2cccc(CC3CCN(S(=O)(=O)c4ccc5c(c4)CCO5)CC3)c2)cc1. The van der Waals surface area contributed by atoms with Gasteiger partial charge < -0.3 is 10.1 Å². The topological polar surface area (TPSA) is 106 Å². The third-order valence-electron chi connectivity index (χ3n) is 8.58. The largest absolute Gasteiger partial charge is 0.493 e. The number of hydrogen-bond donors (Lipinski definition) is 2. The van der Waals surface area contributed by atoms with Gasteiger partial charge in [0.1, 0.15) is 11.6 Å². The standard InChI is InChI=1S/C35H41N5O4S/c1-24-8-10-29(11-9-24)40-33(23-32(38-40)35(2,3)4)37-34(41)36-28-7-5-6-26(21-28)20-25-14-17-39(18-15-25)45(42,43)30-12-13-31-27(22-30)16-19-44-31/h5-13,21-23,25H,14-20H2,1-4H3,(H2,36,37,41). The van der Waals surface area contributed by atoms with Crippen LogP contribution in [0.25, 0.3) is 5.69 Å². The zero-order valence-electron chi connectivity index (χ0n) is 26.3. The van der Waals surface area contributed by atoms with Crippen LogP contribution in [-0.2, 0) is 28.3 Å². The number of hydrogen-bond acceptors (Lipinski definition) is 5. The zero-order valence-corrected chi connectivity index (χ0v) is 27.2. The third-order valence-corrected chi connectivity index (χ3v) is 10.5. The number of sulfonamides is 1. The maximum Gasteiger partial charge on any atom is 0.324 e. The fourth-order valence-corrected chi connectivity index (χ4v) is 7.45. The Morgan fingerprint density at radius 2 is 1.73 bits per heavy atom. The van der Waals surface area contributed by atoms with Crippen molar-refractivity contribution in [2.45, 2.75) is 63.7 Å². The number of aryl methyl sites for hydroxylation is 1. The number of nitrogens with zero attached hydrogens (tertiary/aromatic N) is 3. The lowest BCUT2D eigenvalue weighted by molar-refractivity contribution is 0.262. The quantitative estimate of drug-likeness (QED) is 0.237. The van der Waals surface area contributed by atoms with Crippen LogP contribution in [0.1, 0.15) is 56.0 Å². The minimum absolute atomic E-state index is 0.186. The normalized spacial score (nSPS) is 15.8. The first kappa shape index (κ1) is 30.9. The van der Waals surface area contributed by atoms with E-state index in [4.69, 9.17) is 9.84 Å². The minimum atomic E-state index is -3.54. The van der Waals surface area contributed by atoms with E-state index >= 15 is 0 Å². The Bertz CT molecular complexity index is 1800. The van der Waals surface area contributed by atoms with Gasteiger partial charge >= 0.3 is 6.03 Å². The predicted molar refractivity (Wildman–Crippen MR) is 177 cm³/mol. The summed E-state index contributed by atoms with van der Waals surface area (Å²) in [5.74, 6) is 1.73. The molecular weight excluding hydrogens is 586 g/mol. The van der Waals surface area contributed by atoms with E-state index in [-0.39, 0.29) is 11.4 Å². The van der Waals surface area contributed by atoms with Crippen LogP contribution in [0.2, 0.25) is 0 Å². The van der Waals surface area contributed by atoms with E-state index in [1.54, 1.807) is 27.2 Å². The molecule has 3 aromatic carbocycles. The Morgan fingerprint density at radius 3 is 2.47 bits per heavy atom. The lowest BCUT2D eigenvalue weighted by atomic mass is 9.91. The number of carbonyl (C=O) groups is 1. The number of carbonyl (C=O) groups excluding carboxylic acids is 1. The highest BCUT2D eigenvalue weighted by Crippen LogP contribution is 2.32. The number of nitrogens with one attached hydrogen (secondary N) is 2. The number of ether oxygens (including phenoxy) is 1. The Labute approximate surface area is 265 Å². The molecule has 9 nitrogen and oxygen atoms in total. The van der Waals surface area contributed by atoms with Gasteiger partial charge in [-0.15, -0.1) is 0 Å². The number of benzene rings is 3. The van der Waals surface area contributed by atoms with Crippen molar-refractivity contribution in [1.29, 1.82) is 0 Å². The van der Waals surface area contributed by atoms with Crippen LogP contribution in [0, 0.1) is 12.8 Å². The van der Waals surface area contributed by atoms with Crippen molar-refractivity contribution in [2.24, 2.45) is 5.92 Å². The summed E-state index contributed by atoms with van der Waals surface area (Å²) < 4.78 is 35.6. The van der Waals surface area contributed by atoms with E-state index < -0.39 is 10.0 Å². The molecule has 6 rings (SSSR count). The monoisotopic (exact) mass is 627 g/mol. The number of anilines is 2. The summed E-state index contributed by atoms with van der Waals surface area (Å²) in [6.45, 7) is 9.90. The Balaban J connectivity index is 1.07. The van der Waals surface area contributed by atoms with Gasteiger partial charge in [0.2, 0.25) is 10.0 Å². The molecule has 0 aliphatic carbocycles. The second-order valence-electron chi connectivity index (χ2n) is 13.1. The number of urea groups is 1. The van der Waals surface area contributed by atoms with Gasteiger partial charge in [0.15, 0.2) is 0 Å². The number of rotatable bonds is 7. The first-order valence-electron chi connectivity index (χ1n) is 15.6. The fraction of sp³-hybridized carbons (Fsp3) is 0.371. The van der Waals surface area contributed by atoms with Crippen LogP contribution in [0.3, 0.4) is 0 Å². The van der Waals surface area contributed by atoms with Crippen molar-refractivity contribution in [1.82, 2.24) is 14.1 Å². The van der Waals surface area contributed by atoms with E-state index in [0.717, 1.165) is 59.5 Å². The van der Waals surface area contributed by atoms with E-state index in [9.17, 15) is 13.2 Å². The van der Waals surface area contributed by atoms with Crippen molar-refractivity contribution in [2.75, 3.05) is 30.3 Å². The lowest BCUT2D eigenvalue weighted by Gasteiger charge is -2.31. The molecule has 2 aliphatic rings. The van der Waals surface area contributed by atoms with E-state index in [1.165, 1.54) is 0 Å². The van der Waals surface area contributed by atoms with E-state index in [2.05, 4.69) is 37.5 Å². The first-order chi connectivity index (χ1) is 21.5. The molecule has 4 aromatic rings. The van der Waals surface area contributed by atoms with Crippen LogP contribution in [-0.4, -0.2) is 48.2 Å². The molecule has 2 amide bonds. The average Bonchev–Trinajstić information content (AvgIpc) is 3.65. The first-order valence-corrected chi connectivity index (χ1v) is 17.0. The number of aromatic nitrogens is 2. The van der Waals surface area contributed by atoms with Crippen molar-refractivity contribution in [3.05, 3.63) is 95.2 Å². The molecule has 2 N–H and O–H groups in total. The summed E-state index contributed by atoms with van der Waals surface area (Å²) in [5.41, 5.74) is 5.47. The number of fused-ring (bicyclic) bond motifs is 1. The number of amides is 2. The van der Waals surface area contributed by atoms with Gasteiger partial charge in [0.25, 0.3) is 0 Å². The molecule has 1 fully saturated rings. The van der Waals surface area contributed by atoms with Gasteiger partial charge in [-0.3, -0.25) is 5.32 Å². The molecule has 1 saturated heterocycles. The van der Waals surface area contributed by atoms with E-state index in [0.29, 0.717) is 42.0 Å². The molecule has 2 aliphatic heterocycles. The molecule has 0 radical (unpaired) electrons. The fourth-order valence-electron chi connectivity index (χ4n) is 5.93. The zero-order chi connectivity index (χ0) is 31.8. The smallest absolute Gasteiger partial charge is 0.324 e. The molecular formula is C35H41N5O4S. The van der Waals surface area contributed by atoms with Gasteiger partial charge in [-0.1, -0.05) is 50.6 Å². The van der Waals surface area contributed by atoms with Crippen LogP contribution < -0.4 is 15.4 Å². The molecule has 0 saturated carbocycles. The average molecular weight is 628 g/mol. The predicted octanol–water partition coefficient (Wildman–Crippen LogP) is 6.70. The van der Waals surface area contributed by atoms with Gasteiger partial charge in [0.05, 0.1) is 22.9 Å². The van der Waals surface area contributed by atoms with Crippen LogP contribution in [0.4, 0.5) is 16.3 Å². The summed E-state index contributed by atoms with van der Waals surface area (Å²) >= 11 is 0. The maximum absolute atomic E-state index is 13.3. The van der Waals surface area contributed by atoms with Crippen LogP contribution in [0.5, 0.6) is 5.75 Å². The Kier molecular flexibility index (Phi) is 8.45. The van der Waals surface area contributed by atoms with Gasteiger partial charge in [-0.05, 0) is 85.7 Å². The molecule has 0 unspecified atom stereocenters. The highest BCUT2D eigenvalue weighted by Gasteiger charge is 2.30. The molecule has 3 heterocycles. The highest BCUT2D eigenvalue weighted by molar-refractivity contribution is 7.89. The van der Waals surface area contributed by atoms with E-state index in [1.807, 2.05) is 55.5 Å². The molecule has 45 heavy (non-hydrogen) atoms. The van der Waals surface area contributed by atoms with Crippen LogP contribution in [0.15, 0.2) is 77.7 Å². The summed E-state index contributed by atoms with van der Waals surface area (Å²) in [4.78, 5) is 13.5. The molecule has 0 bridgehead atoms. The van der Waals surface area contributed by atoms with Gasteiger partial charge in [-0.2, -0.15) is 9.40 Å². The molecule has 0 atom stereocenters. The molecule has 1 aromatic heterocycles. The van der Waals surface area contributed by atoms with Gasteiger partial charge in [0, 0.05) is 36.7 Å². The van der Waals surface area contributed by atoms with Crippen molar-refractivity contribution < 1.29 is 17.9 Å². The maximum atomic E-state index is 13.3.